The smallest absolute Gasteiger partial charge is 0.189 e. The lowest BCUT2D eigenvalue weighted by Crippen LogP contribution is -1.99. The Bertz CT molecular complexity index is 1000. The van der Waals surface area contributed by atoms with Crippen LogP contribution >= 0.6 is 0 Å². The first-order chi connectivity index (χ1) is 11.1. The molecule has 0 aliphatic rings. The van der Waals surface area contributed by atoms with E-state index in [2.05, 4.69) is 20.5 Å². The van der Waals surface area contributed by atoms with Crippen LogP contribution in [-0.4, -0.2) is 25.2 Å². The van der Waals surface area contributed by atoms with E-state index in [0.717, 1.165) is 6.07 Å². The first-order valence-corrected chi connectivity index (χ1v) is 6.64. The fourth-order valence-corrected chi connectivity index (χ4v) is 2.45. The first kappa shape index (κ1) is 13.5. The van der Waals surface area contributed by atoms with Crippen molar-refractivity contribution in [2.24, 2.45) is 0 Å². The van der Waals surface area contributed by atoms with Crippen LogP contribution < -0.4 is 0 Å². The van der Waals surface area contributed by atoms with Crippen molar-refractivity contribution in [1.29, 1.82) is 0 Å². The maximum Gasteiger partial charge on any atom is 0.189 e. The van der Waals surface area contributed by atoms with Gasteiger partial charge in [0, 0.05) is 23.2 Å². The van der Waals surface area contributed by atoms with Gasteiger partial charge in [0.25, 0.3) is 0 Å². The van der Waals surface area contributed by atoms with E-state index in [-0.39, 0.29) is 17.2 Å². The van der Waals surface area contributed by atoms with E-state index in [0.29, 0.717) is 16.6 Å². The van der Waals surface area contributed by atoms with Gasteiger partial charge in [-0.25, -0.2) is 13.2 Å². The number of hydrogen-bond donors (Lipinski definition) is 1. The monoisotopic (exact) mass is 315 g/mol. The number of aromatic nitrogens is 5. The highest BCUT2D eigenvalue weighted by molar-refractivity contribution is 5.94. The van der Waals surface area contributed by atoms with Gasteiger partial charge in [-0.15, -0.1) is 5.10 Å². The highest BCUT2D eigenvalue weighted by Crippen LogP contribution is 2.30. The lowest BCUT2D eigenvalue weighted by molar-refractivity contribution is 0.591. The molecule has 0 amide bonds. The van der Waals surface area contributed by atoms with Crippen molar-refractivity contribution in [1.82, 2.24) is 25.2 Å². The van der Waals surface area contributed by atoms with E-state index in [1.165, 1.54) is 41.2 Å². The van der Waals surface area contributed by atoms with E-state index in [9.17, 15) is 13.2 Å². The van der Waals surface area contributed by atoms with Crippen molar-refractivity contribution < 1.29 is 13.2 Å². The van der Waals surface area contributed by atoms with Crippen LogP contribution in [0.2, 0.25) is 0 Å². The molecule has 114 valence electrons. The van der Waals surface area contributed by atoms with Gasteiger partial charge in [0.15, 0.2) is 5.82 Å². The predicted molar refractivity (Wildman–Crippen MR) is 76.3 cm³/mol. The van der Waals surface area contributed by atoms with Gasteiger partial charge in [0.1, 0.15) is 17.5 Å². The summed E-state index contributed by atoms with van der Waals surface area (Å²) in [5.74, 6) is -1.50. The highest BCUT2D eigenvalue weighted by atomic mass is 19.1. The minimum absolute atomic E-state index is 0.162. The number of fused-ring (bicyclic) bond motifs is 1. The Hall–Kier alpha value is -3.16. The summed E-state index contributed by atoms with van der Waals surface area (Å²) in [6, 6.07) is 7.56. The van der Waals surface area contributed by atoms with Gasteiger partial charge >= 0.3 is 0 Å². The number of benzene rings is 2. The maximum atomic E-state index is 13.8. The molecule has 0 aliphatic carbocycles. The highest BCUT2D eigenvalue weighted by Gasteiger charge is 2.17. The van der Waals surface area contributed by atoms with Crippen molar-refractivity contribution in [3.8, 4) is 17.1 Å². The molecule has 0 fully saturated rings. The lowest BCUT2D eigenvalue weighted by Gasteiger charge is -2.04. The second-order valence-corrected chi connectivity index (χ2v) is 4.90. The lowest BCUT2D eigenvalue weighted by atomic mass is 10.1. The molecule has 2 aromatic heterocycles. The van der Waals surface area contributed by atoms with E-state index < -0.39 is 11.6 Å². The zero-order valence-electron chi connectivity index (χ0n) is 11.5. The summed E-state index contributed by atoms with van der Waals surface area (Å²) in [5.41, 5.74) is 1.13. The summed E-state index contributed by atoms with van der Waals surface area (Å²) in [5, 5.41) is 11.7. The maximum absolute atomic E-state index is 13.8. The molecule has 0 radical (unpaired) electrons. The average molecular weight is 315 g/mol. The molecule has 4 aromatic rings. The second kappa shape index (κ2) is 4.94. The molecule has 4 rings (SSSR count). The fourth-order valence-electron chi connectivity index (χ4n) is 2.45. The van der Waals surface area contributed by atoms with Crippen LogP contribution in [0.1, 0.15) is 0 Å². The largest absolute Gasteiger partial charge is 0.358 e. The first-order valence-electron chi connectivity index (χ1n) is 6.64. The van der Waals surface area contributed by atoms with Crippen molar-refractivity contribution in [2.45, 2.75) is 0 Å². The Morgan fingerprint density at radius 2 is 1.74 bits per heavy atom. The van der Waals surface area contributed by atoms with Crippen molar-refractivity contribution in [2.75, 3.05) is 0 Å². The van der Waals surface area contributed by atoms with Gasteiger partial charge in [-0.05, 0) is 40.8 Å². The van der Waals surface area contributed by atoms with Crippen molar-refractivity contribution in [3.63, 3.8) is 0 Å². The molecule has 8 heteroatoms. The van der Waals surface area contributed by atoms with E-state index >= 15 is 0 Å². The third-order valence-electron chi connectivity index (χ3n) is 3.49. The summed E-state index contributed by atoms with van der Waals surface area (Å²) in [6.45, 7) is 0. The molecular formula is C15H8F3N5. The summed E-state index contributed by atoms with van der Waals surface area (Å²) in [4.78, 5) is 2.75. The molecule has 2 heterocycles. The van der Waals surface area contributed by atoms with E-state index in [1.54, 1.807) is 0 Å². The summed E-state index contributed by atoms with van der Waals surface area (Å²) in [6.07, 6.45) is 1.50. The quantitative estimate of drug-likeness (QED) is 0.618. The molecule has 0 unspecified atom stereocenters. The van der Waals surface area contributed by atoms with Gasteiger partial charge in [-0.1, -0.05) is 0 Å². The minimum atomic E-state index is -0.702. The summed E-state index contributed by atoms with van der Waals surface area (Å²) in [7, 11) is 0. The molecule has 1 N–H and O–H groups in total. The molecule has 2 aromatic carbocycles. The Morgan fingerprint density at radius 3 is 2.52 bits per heavy atom. The van der Waals surface area contributed by atoms with E-state index in [4.69, 9.17) is 0 Å². The van der Waals surface area contributed by atoms with Crippen molar-refractivity contribution >= 4 is 10.9 Å². The average Bonchev–Trinajstić information content (AvgIpc) is 3.14. The molecular weight excluding hydrogens is 307 g/mol. The third kappa shape index (κ3) is 2.15. The van der Waals surface area contributed by atoms with Crippen LogP contribution in [0.5, 0.6) is 0 Å². The standard InChI is InChI=1S/C15H8F3N5/c16-8-1-3-10(4-2-8)23-15(20-21-22-23)12-7-19-14-11(12)5-9(17)6-13(14)18/h1-7,19H. The predicted octanol–water partition coefficient (Wildman–Crippen LogP) is 3.23. The van der Waals surface area contributed by atoms with Gasteiger partial charge in [-0.2, -0.15) is 4.68 Å². The molecule has 0 bridgehead atoms. The van der Waals surface area contributed by atoms with Crippen molar-refractivity contribution in [3.05, 3.63) is 60.0 Å². The van der Waals surface area contributed by atoms with Crippen LogP contribution in [0, 0.1) is 17.5 Å². The number of nitrogens with one attached hydrogen (secondary N) is 1. The van der Waals surface area contributed by atoms with Gasteiger partial charge < -0.3 is 4.98 Å². The van der Waals surface area contributed by atoms with E-state index in [1.807, 2.05) is 0 Å². The Labute approximate surface area is 127 Å². The van der Waals surface area contributed by atoms with Crippen LogP contribution in [0.4, 0.5) is 13.2 Å². The fraction of sp³-hybridized carbons (Fsp3) is 0. The van der Waals surface area contributed by atoms with Gasteiger partial charge in [-0.3, -0.25) is 0 Å². The Morgan fingerprint density at radius 1 is 0.957 bits per heavy atom. The van der Waals surface area contributed by atoms with Crippen LogP contribution in [0.15, 0.2) is 42.6 Å². The number of aromatic amines is 1. The SMILES string of the molecule is Fc1ccc(-n2nnnc2-c2c[nH]c3c(F)cc(F)cc23)cc1. The summed E-state index contributed by atoms with van der Waals surface area (Å²) < 4.78 is 41.7. The zero-order chi connectivity index (χ0) is 16.0. The third-order valence-corrected chi connectivity index (χ3v) is 3.49. The molecule has 0 atom stereocenters. The Kier molecular flexibility index (Phi) is 2.90. The number of nitrogens with zero attached hydrogens (tertiary/aromatic N) is 4. The van der Waals surface area contributed by atoms with Crippen LogP contribution in [0.3, 0.4) is 0 Å². The Balaban J connectivity index is 1.93. The number of rotatable bonds is 2. The van der Waals surface area contributed by atoms with Crippen LogP contribution in [0.25, 0.3) is 28.0 Å². The zero-order valence-corrected chi connectivity index (χ0v) is 11.5. The molecule has 5 nitrogen and oxygen atoms in total. The normalized spacial score (nSPS) is 11.3. The minimum Gasteiger partial charge on any atom is -0.358 e. The molecule has 0 saturated carbocycles. The molecule has 23 heavy (non-hydrogen) atoms. The van der Waals surface area contributed by atoms with Gasteiger partial charge in [0.2, 0.25) is 0 Å². The summed E-state index contributed by atoms with van der Waals surface area (Å²) >= 11 is 0. The molecule has 0 saturated heterocycles. The number of tetrazole rings is 1. The number of halogens is 3. The topological polar surface area (TPSA) is 59.4 Å². The second-order valence-electron chi connectivity index (χ2n) is 4.90. The molecule has 0 aliphatic heterocycles. The van der Waals surface area contributed by atoms with Crippen LogP contribution in [-0.2, 0) is 0 Å². The van der Waals surface area contributed by atoms with Gasteiger partial charge in [0.05, 0.1) is 11.2 Å². The number of H-pyrrole nitrogens is 1. The number of hydrogen-bond acceptors (Lipinski definition) is 3. The molecule has 0 spiro atoms.